The number of hydrogen-bond acceptors (Lipinski definition) is 4. The number of methoxy groups -OCH3 is 1. The van der Waals surface area contributed by atoms with Crippen LogP contribution in [0.1, 0.15) is 30.7 Å². The van der Waals surface area contributed by atoms with Crippen LogP contribution in [-0.2, 0) is 20.7 Å². The van der Waals surface area contributed by atoms with Crippen LogP contribution in [0.3, 0.4) is 0 Å². The highest BCUT2D eigenvalue weighted by atomic mass is 16.5. The molecular formula is C18H24N4O3. The molecule has 1 saturated heterocycles. The van der Waals surface area contributed by atoms with Gasteiger partial charge in [0.25, 0.3) is 0 Å². The smallest absolute Gasteiger partial charge is 0.229 e. The Kier molecular flexibility index (Phi) is 4.76. The normalized spacial score (nSPS) is 20.3. The van der Waals surface area contributed by atoms with Crippen LogP contribution in [0.4, 0.5) is 0 Å². The van der Waals surface area contributed by atoms with Gasteiger partial charge in [-0.3, -0.25) is 9.59 Å². The molecule has 0 saturated carbocycles. The van der Waals surface area contributed by atoms with Crippen molar-refractivity contribution in [1.29, 1.82) is 0 Å². The quantitative estimate of drug-likeness (QED) is 0.849. The van der Waals surface area contributed by atoms with E-state index in [0.29, 0.717) is 13.2 Å². The molecule has 0 spiro atoms. The minimum Gasteiger partial charge on any atom is -0.382 e. The van der Waals surface area contributed by atoms with E-state index < -0.39 is 11.4 Å². The minimum atomic E-state index is -0.633. The molecule has 25 heavy (non-hydrogen) atoms. The van der Waals surface area contributed by atoms with Crippen LogP contribution in [0.2, 0.25) is 0 Å². The zero-order chi connectivity index (χ0) is 18.0. The Hall–Kier alpha value is -2.41. The summed E-state index contributed by atoms with van der Waals surface area (Å²) in [6.07, 6.45) is 3.84. The van der Waals surface area contributed by atoms with Crippen LogP contribution >= 0.6 is 0 Å². The number of rotatable bonds is 6. The number of fused-ring (bicyclic) bond motifs is 1. The molecule has 134 valence electrons. The highest BCUT2D eigenvalue weighted by Gasteiger charge is 2.44. The van der Waals surface area contributed by atoms with E-state index in [4.69, 9.17) is 10.5 Å². The maximum Gasteiger partial charge on any atom is 0.229 e. The van der Waals surface area contributed by atoms with Crippen molar-refractivity contribution in [3.8, 4) is 0 Å². The summed E-state index contributed by atoms with van der Waals surface area (Å²) < 4.78 is 7.26. The van der Waals surface area contributed by atoms with Crippen molar-refractivity contribution in [3.05, 3.63) is 35.8 Å². The summed E-state index contributed by atoms with van der Waals surface area (Å²) in [5, 5.41) is 0. The molecule has 0 aliphatic carbocycles. The molecule has 2 N–H and O–H groups in total. The lowest BCUT2D eigenvalue weighted by atomic mass is 9.92. The second-order valence-corrected chi connectivity index (χ2v) is 6.70. The van der Waals surface area contributed by atoms with Crippen LogP contribution in [0, 0.1) is 6.92 Å². The maximum absolute atomic E-state index is 13.1. The van der Waals surface area contributed by atoms with Crippen LogP contribution in [0.25, 0.3) is 5.65 Å². The summed E-state index contributed by atoms with van der Waals surface area (Å²) in [7, 11) is 1.58. The average Bonchev–Trinajstić information content (AvgIpc) is 3.09. The summed E-state index contributed by atoms with van der Waals surface area (Å²) >= 11 is 0. The number of aryl methyl sites for hydroxylation is 1. The first-order chi connectivity index (χ1) is 12.0. The van der Waals surface area contributed by atoms with Gasteiger partial charge >= 0.3 is 0 Å². The molecule has 2 aromatic rings. The van der Waals surface area contributed by atoms with Gasteiger partial charge in [-0.1, -0.05) is 6.07 Å². The summed E-state index contributed by atoms with van der Waals surface area (Å²) in [6.45, 7) is 2.84. The summed E-state index contributed by atoms with van der Waals surface area (Å²) in [5.41, 5.74) is 7.34. The van der Waals surface area contributed by atoms with E-state index in [1.807, 2.05) is 35.7 Å². The molecule has 0 aromatic carbocycles. The van der Waals surface area contributed by atoms with Crippen LogP contribution < -0.4 is 5.73 Å². The molecule has 7 nitrogen and oxygen atoms in total. The van der Waals surface area contributed by atoms with Crippen molar-refractivity contribution >= 4 is 17.5 Å². The predicted molar refractivity (Wildman–Crippen MR) is 93.0 cm³/mol. The number of nitrogens with two attached hydrogens (primary N) is 1. The Morgan fingerprint density at radius 1 is 1.40 bits per heavy atom. The van der Waals surface area contributed by atoms with Gasteiger partial charge in [0.1, 0.15) is 5.65 Å². The molecule has 1 atom stereocenters. The zero-order valence-corrected chi connectivity index (χ0v) is 14.7. The van der Waals surface area contributed by atoms with Gasteiger partial charge in [-0.15, -0.1) is 0 Å². The SMILES string of the molecule is COCC1(CC(N)=O)CCCN1C(=O)Cc1c(C)nc2ccccn12. The van der Waals surface area contributed by atoms with Crippen LogP contribution in [0.15, 0.2) is 24.4 Å². The van der Waals surface area contributed by atoms with Crippen molar-refractivity contribution in [1.82, 2.24) is 14.3 Å². The van der Waals surface area contributed by atoms with Gasteiger partial charge in [0, 0.05) is 19.9 Å². The first-order valence-corrected chi connectivity index (χ1v) is 8.47. The van der Waals surface area contributed by atoms with E-state index in [2.05, 4.69) is 4.98 Å². The molecule has 7 heteroatoms. The van der Waals surface area contributed by atoms with Crippen molar-refractivity contribution in [2.75, 3.05) is 20.3 Å². The molecule has 1 aliphatic rings. The molecule has 2 amide bonds. The molecular weight excluding hydrogens is 320 g/mol. The number of pyridine rings is 1. The zero-order valence-electron chi connectivity index (χ0n) is 14.7. The van der Waals surface area contributed by atoms with E-state index in [1.165, 1.54) is 0 Å². The second-order valence-electron chi connectivity index (χ2n) is 6.70. The lowest BCUT2D eigenvalue weighted by Crippen LogP contribution is -2.53. The van der Waals surface area contributed by atoms with E-state index in [1.54, 1.807) is 12.0 Å². The molecule has 3 rings (SSSR count). The molecule has 3 heterocycles. The highest BCUT2D eigenvalue weighted by molar-refractivity contribution is 5.82. The lowest BCUT2D eigenvalue weighted by molar-refractivity contribution is -0.138. The first-order valence-electron chi connectivity index (χ1n) is 8.47. The lowest BCUT2D eigenvalue weighted by Gasteiger charge is -2.37. The van der Waals surface area contributed by atoms with Gasteiger partial charge in [-0.25, -0.2) is 4.98 Å². The largest absolute Gasteiger partial charge is 0.382 e. The van der Waals surface area contributed by atoms with E-state index in [9.17, 15) is 9.59 Å². The Morgan fingerprint density at radius 3 is 2.92 bits per heavy atom. The van der Waals surface area contributed by atoms with E-state index >= 15 is 0 Å². The third kappa shape index (κ3) is 3.24. The number of likely N-dealkylation sites (tertiary alicyclic amines) is 1. The number of aromatic nitrogens is 2. The fraction of sp³-hybridized carbons (Fsp3) is 0.500. The fourth-order valence-electron chi connectivity index (χ4n) is 3.92. The van der Waals surface area contributed by atoms with E-state index in [-0.39, 0.29) is 18.7 Å². The van der Waals surface area contributed by atoms with Gasteiger partial charge in [-0.05, 0) is 31.9 Å². The number of imidazole rings is 1. The third-order valence-corrected chi connectivity index (χ3v) is 4.96. The Labute approximate surface area is 146 Å². The number of hydrogen-bond donors (Lipinski definition) is 1. The van der Waals surface area contributed by atoms with Gasteiger partial charge in [0.05, 0.1) is 36.4 Å². The fourth-order valence-corrected chi connectivity index (χ4v) is 3.92. The van der Waals surface area contributed by atoms with Gasteiger partial charge in [0.15, 0.2) is 0 Å². The summed E-state index contributed by atoms with van der Waals surface area (Å²) in [4.78, 5) is 30.9. The predicted octanol–water partition coefficient (Wildman–Crippen LogP) is 1.07. The van der Waals surface area contributed by atoms with Crippen LogP contribution in [-0.4, -0.2) is 51.9 Å². The van der Waals surface area contributed by atoms with Gasteiger partial charge in [-0.2, -0.15) is 0 Å². The number of carbonyl (C=O) groups is 2. The number of amides is 2. The molecule has 1 aliphatic heterocycles. The Bertz CT molecular complexity index is 801. The molecule has 0 bridgehead atoms. The number of nitrogens with zero attached hydrogens (tertiary/aromatic N) is 3. The van der Waals surface area contributed by atoms with Crippen molar-refractivity contribution < 1.29 is 14.3 Å². The number of ether oxygens (including phenoxy) is 1. The Morgan fingerprint density at radius 2 is 2.20 bits per heavy atom. The first kappa shape index (κ1) is 17.4. The van der Waals surface area contributed by atoms with Gasteiger partial charge < -0.3 is 19.8 Å². The standard InChI is InChI=1S/C18H24N4O3/c1-13-14(21-8-4-3-6-16(21)20-13)10-17(24)22-9-5-7-18(22,12-25-2)11-15(19)23/h3-4,6,8H,5,7,9-12H2,1-2H3,(H2,19,23). The molecule has 2 aromatic heterocycles. The maximum atomic E-state index is 13.1. The van der Waals surface area contributed by atoms with E-state index in [0.717, 1.165) is 29.9 Å². The molecule has 1 fully saturated rings. The second kappa shape index (κ2) is 6.84. The highest BCUT2D eigenvalue weighted by Crippen LogP contribution is 2.33. The van der Waals surface area contributed by atoms with Crippen molar-refractivity contribution in [2.45, 2.75) is 38.1 Å². The van der Waals surface area contributed by atoms with Crippen molar-refractivity contribution in [3.63, 3.8) is 0 Å². The van der Waals surface area contributed by atoms with Gasteiger partial charge in [0.2, 0.25) is 11.8 Å². The molecule has 1 unspecified atom stereocenters. The summed E-state index contributed by atoms with van der Waals surface area (Å²) in [5.74, 6) is -0.438. The topological polar surface area (TPSA) is 89.9 Å². The third-order valence-electron chi connectivity index (χ3n) is 4.96. The van der Waals surface area contributed by atoms with Crippen LogP contribution in [0.5, 0.6) is 0 Å². The molecule has 0 radical (unpaired) electrons. The average molecular weight is 344 g/mol. The van der Waals surface area contributed by atoms with Crippen molar-refractivity contribution in [2.24, 2.45) is 5.73 Å². The number of primary amides is 1. The monoisotopic (exact) mass is 344 g/mol. The summed E-state index contributed by atoms with van der Waals surface area (Å²) in [6, 6.07) is 5.75. The minimum absolute atomic E-state index is 0.0236. The number of carbonyl (C=O) groups excluding carboxylic acids is 2. The Balaban J connectivity index is 1.88.